The minimum Gasteiger partial charge on any atom is -0.344 e. The van der Waals surface area contributed by atoms with Gasteiger partial charge < -0.3 is 5.32 Å². The molecule has 4 rings (SSSR count). The summed E-state index contributed by atoms with van der Waals surface area (Å²) in [4.78, 5) is 16.6. The molecule has 4 aromatic rings. The molecule has 1 aromatic carbocycles. The maximum atomic E-state index is 12.7. The van der Waals surface area contributed by atoms with Crippen LogP contribution >= 0.6 is 0 Å². The summed E-state index contributed by atoms with van der Waals surface area (Å²) in [6.07, 6.45) is 3.13. The third-order valence-corrected chi connectivity index (χ3v) is 5.01. The fourth-order valence-electron chi connectivity index (χ4n) is 3.33. The van der Waals surface area contributed by atoms with Gasteiger partial charge in [0.1, 0.15) is 18.3 Å². The minimum absolute atomic E-state index is 0.166. The van der Waals surface area contributed by atoms with Crippen molar-refractivity contribution < 1.29 is 4.79 Å². The van der Waals surface area contributed by atoms with Gasteiger partial charge in [0.25, 0.3) is 5.91 Å². The summed E-state index contributed by atoms with van der Waals surface area (Å²) in [6, 6.07) is 9.39. The molecule has 0 fully saturated rings. The second kappa shape index (κ2) is 7.34. The SMILES string of the molecule is Cc1nn(C)c(C)c1-c1cc(C(=O)NC(C)c2ccc(-n3cncn3)cc2)[nH]n1. The van der Waals surface area contributed by atoms with Crippen LogP contribution in [-0.2, 0) is 7.05 Å². The maximum absolute atomic E-state index is 12.7. The zero-order valence-corrected chi connectivity index (χ0v) is 16.7. The van der Waals surface area contributed by atoms with Gasteiger partial charge in [0.2, 0.25) is 0 Å². The molecule has 0 bridgehead atoms. The monoisotopic (exact) mass is 390 g/mol. The number of rotatable bonds is 5. The molecule has 0 saturated carbocycles. The Morgan fingerprint density at radius 1 is 1.21 bits per heavy atom. The van der Waals surface area contributed by atoms with Crippen molar-refractivity contribution in [2.75, 3.05) is 0 Å². The number of amides is 1. The summed E-state index contributed by atoms with van der Waals surface area (Å²) in [7, 11) is 1.89. The average Bonchev–Trinajstić information content (AvgIpc) is 3.44. The Bertz CT molecular complexity index is 1140. The Morgan fingerprint density at radius 3 is 2.59 bits per heavy atom. The molecule has 3 heterocycles. The lowest BCUT2D eigenvalue weighted by Gasteiger charge is -2.14. The Balaban J connectivity index is 1.47. The average molecular weight is 390 g/mol. The molecule has 0 aliphatic heterocycles. The van der Waals surface area contributed by atoms with E-state index in [2.05, 4.69) is 30.7 Å². The van der Waals surface area contributed by atoms with Crippen molar-refractivity contribution in [3.05, 3.63) is 65.6 Å². The number of hydrogen-bond acceptors (Lipinski definition) is 5. The molecular weight excluding hydrogens is 368 g/mol. The van der Waals surface area contributed by atoms with Crippen LogP contribution in [0.5, 0.6) is 0 Å². The quantitative estimate of drug-likeness (QED) is 0.545. The lowest BCUT2D eigenvalue weighted by molar-refractivity contribution is 0.0935. The van der Waals surface area contributed by atoms with Gasteiger partial charge in [-0.05, 0) is 44.5 Å². The Kier molecular flexibility index (Phi) is 4.71. The molecule has 0 saturated heterocycles. The number of aryl methyl sites for hydroxylation is 2. The molecule has 0 aliphatic rings. The number of carbonyl (C=O) groups is 1. The van der Waals surface area contributed by atoms with Crippen LogP contribution in [-0.4, -0.2) is 40.6 Å². The van der Waals surface area contributed by atoms with Gasteiger partial charge >= 0.3 is 0 Å². The van der Waals surface area contributed by atoms with E-state index in [0.29, 0.717) is 11.4 Å². The molecule has 1 atom stereocenters. The molecule has 1 amide bonds. The number of hydrogen-bond donors (Lipinski definition) is 2. The van der Waals surface area contributed by atoms with Crippen LogP contribution in [0.15, 0.2) is 43.0 Å². The predicted octanol–water partition coefficient (Wildman–Crippen LogP) is 2.50. The second-order valence-electron chi connectivity index (χ2n) is 6.96. The third kappa shape index (κ3) is 3.54. The number of nitrogens with zero attached hydrogens (tertiary/aromatic N) is 6. The Morgan fingerprint density at radius 2 is 1.97 bits per heavy atom. The number of aromatic amines is 1. The molecule has 1 unspecified atom stereocenters. The van der Waals surface area contributed by atoms with E-state index in [1.54, 1.807) is 17.1 Å². The fraction of sp³-hybridized carbons (Fsp3) is 0.250. The smallest absolute Gasteiger partial charge is 0.269 e. The molecule has 0 spiro atoms. The molecule has 0 aliphatic carbocycles. The van der Waals surface area contributed by atoms with E-state index in [4.69, 9.17) is 0 Å². The van der Waals surface area contributed by atoms with E-state index in [9.17, 15) is 4.79 Å². The minimum atomic E-state index is -0.212. The molecule has 9 nitrogen and oxygen atoms in total. The highest BCUT2D eigenvalue weighted by atomic mass is 16.2. The van der Waals surface area contributed by atoms with E-state index in [0.717, 1.165) is 28.2 Å². The van der Waals surface area contributed by atoms with Gasteiger partial charge in [-0.3, -0.25) is 14.6 Å². The van der Waals surface area contributed by atoms with Gasteiger partial charge in [0, 0.05) is 18.3 Å². The number of H-pyrrole nitrogens is 1. The van der Waals surface area contributed by atoms with Crippen LogP contribution in [0.25, 0.3) is 16.9 Å². The largest absolute Gasteiger partial charge is 0.344 e. The zero-order chi connectivity index (χ0) is 20.5. The van der Waals surface area contributed by atoms with Crippen LogP contribution < -0.4 is 5.32 Å². The number of nitrogens with one attached hydrogen (secondary N) is 2. The van der Waals surface area contributed by atoms with Crippen molar-refractivity contribution in [1.82, 2.24) is 40.1 Å². The number of aromatic nitrogens is 7. The molecule has 3 aromatic heterocycles. The molecular formula is C20H22N8O. The van der Waals surface area contributed by atoms with Crippen molar-refractivity contribution in [3.63, 3.8) is 0 Å². The van der Waals surface area contributed by atoms with Crippen molar-refractivity contribution in [2.45, 2.75) is 26.8 Å². The van der Waals surface area contributed by atoms with Crippen LogP contribution in [0, 0.1) is 13.8 Å². The zero-order valence-electron chi connectivity index (χ0n) is 16.7. The van der Waals surface area contributed by atoms with Crippen LogP contribution in [0.4, 0.5) is 0 Å². The first-order valence-electron chi connectivity index (χ1n) is 9.26. The summed E-state index contributed by atoms with van der Waals surface area (Å²) < 4.78 is 3.49. The molecule has 0 radical (unpaired) electrons. The number of carbonyl (C=O) groups excluding carboxylic acids is 1. The Hall–Kier alpha value is -3.75. The molecule has 148 valence electrons. The predicted molar refractivity (Wildman–Crippen MR) is 108 cm³/mol. The van der Waals surface area contributed by atoms with Gasteiger partial charge in [-0.25, -0.2) is 9.67 Å². The summed E-state index contributed by atoms with van der Waals surface area (Å²) >= 11 is 0. The van der Waals surface area contributed by atoms with Gasteiger partial charge in [-0.1, -0.05) is 12.1 Å². The Labute approximate surface area is 167 Å². The summed E-state index contributed by atoms with van der Waals surface area (Å²) in [5.41, 5.74) is 5.84. The van der Waals surface area contributed by atoms with Gasteiger partial charge in [0.05, 0.1) is 23.1 Å². The molecule has 2 N–H and O–H groups in total. The van der Waals surface area contributed by atoms with Crippen molar-refractivity contribution >= 4 is 5.91 Å². The summed E-state index contributed by atoms with van der Waals surface area (Å²) in [6.45, 7) is 5.85. The normalized spacial score (nSPS) is 12.1. The summed E-state index contributed by atoms with van der Waals surface area (Å²) in [5, 5.41) is 18.7. The first-order chi connectivity index (χ1) is 13.9. The first-order valence-corrected chi connectivity index (χ1v) is 9.26. The molecule has 29 heavy (non-hydrogen) atoms. The maximum Gasteiger partial charge on any atom is 0.269 e. The second-order valence-corrected chi connectivity index (χ2v) is 6.96. The topological polar surface area (TPSA) is 106 Å². The van der Waals surface area contributed by atoms with Gasteiger partial charge in [0.15, 0.2) is 0 Å². The summed E-state index contributed by atoms with van der Waals surface area (Å²) in [5.74, 6) is -0.212. The van der Waals surface area contributed by atoms with E-state index in [1.165, 1.54) is 6.33 Å². The highest BCUT2D eigenvalue weighted by Crippen LogP contribution is 2.25. The fourth-order valence-corrected chi connectivity index (χ4v) is 3.33. The van der Waals surface area contributed by atoms with Crippen LogP contribution in [0.3, 0.4) is 0 Å². The molecule has 9 heteroatoms. The van der Waals surface area contributed by atoms with Gasteiger partial charge in [-0.15, -0.1) is 0 Å². The van der Waals surface area contributed by atoms with E-state index >= 15 is 0 Å². The standard InChI is InChI=1S/C20H22N8O/c1-12(15-5-7-16(8-6-15)28-11-21-10-22-28)23-20(29)18-9-17(24-25-18)19-13(2)26-27(4)14(19)3/h5-12H,1-4H3,(H,23,29)(H,24,25). The van der Waals surface area contributed by atoms with Crippen LogP contribution in [0.1, 0.15) is 40.4 Å². The van der Waals surface area contributed by atoms with Gasteiger partial charge in [-0.2, -0.15) is 15.3 Å². The first kappa shape index (κ1) is 18.6. The van der Waals surface area contributed by atoms with E-state index in [1.807, 2.05) is 56.8 Å². The highest BCUT2D eigenvalue weighted by Gasteiger charge is 2.18. The van der Waals surface area contributed by atoms with Crippen molar-refractivity contribution in [3.8, 4) is 16.9 Å². The lowest BCUT2D eigenvalue weighted by atomic mass is 10.1. The lowest BCUT2D eigenvalue weighted by Crippen LogP contribution is -2.26. The highest BCUT2D eigenvalue weighted by molar-refractivity contribution is 5.93. The van der Waals surface area contributed by atoms with Crippen LogP contribution in [0.2, 0.25) is 0 Å². The van der Waals surface area contributed by atoms with E-state index in [-0.39, 0.29) is 11.9 Å². The van der Waals surface area contributed by atoms with Crippen molar-refractivity contribution in [2.24, 2.45) is 7.05 Å². The van der Waals surface area contributed by atoms with E-state index < -0.39 is 0 Å². The number of benzene rings is 1. The van der Waals surface area contributed by atoms with Crippen molar-refractivity contribution in [1.29, 1.82) is 0 Å². The third-order valence-electron chi connectivity index (χ3n) is 5.01.